The number of allylic oxidation sites excluding steroid dienone is 3. The Balaban J connectivity index is 2.16. The first-order valence-corrected chi connectivity index (χ1v) is 6.12. The van der Waals surface area contributed by atoms with Gasteiger partial charge in [0.2, 0.25) is 0 Å². The van der Waals surface area contributed by atoms with E-state index in [-0.39, 0.29) is 17.0 Å². The van der Waals surface area contributed by atoms with Gasteiger partial charge in [-0.15, -0.1) is 0 Å². The monoisotopic (exact) mass is 244 g/mol. The second-order valence-corrected chi connectivity index (χ2v) is 5.59. The summed E-state index contributed by atoms with van der Waals surface area (Å²) in [6, 6.07) is 6.42. The van der Waals surface area contributed by atoms with Crippen LogP contribution in [0.2, 0.25) is 0 Å². The average Bonchev–Trinajstić information content (AvgIpc) is 2.24. The Morgan fingerprint density at radius 2 is 2.00 bits per heavy atom. The molecule has 0 N–H and O–H groups in total. The van der Waals surface area contributed by atoms with Gasteiger partial charge in [-0.05, 0) is 41.2 Å². The van der Waals surface area contributed by atoms with Crippen LogP contribution in [0.3, 0.4) is 0 Å². The minimum absolute atomic E-state index is 0.0213. The molecule has 0 aromatic heterocycles. The van der Waals surface area contributed by atoms with Crippen LogP contribution in [-0.2, 0) is 4.79 Å². The highest BCUT2D eigenvalue weighted by Crippen LogP contribution is 2.34. The Hall–Kier alpha value is -1.70. The quantitative estimate of drug-likeness (QED) is 0.763. The summed E-state index contributed by atoms with van der Waals surface area (Å²) in [6.07, 6.45) is 6.94. The number of ketones is 1. The van der Waals surface area contributed by atoms with Crippen LogP contribution in [0, 0.1) is 11.2 Å². The minimum Gasteiger partial charge on any atom is -0.295 e. The van der Waals surface area contributed by atoms with Crippen molar-refractivity contribution in [1.29, 1.82) is 0 Å². The molecule has 0 heterocycles. The molecule has 0 saturated carbocycles. The molecule has 94 valence electrons. The van der Waals surface area contributed by atoms with Gasteiger partial charge in [-0.25, -0.2) is 4.39 Å². The molecule has 0 saturated heterocycles. The third-order valence-corrected chi connectivity index (χ3v) is 3.02. The van der Waals surface area contributed by atoms with Crippen molar-refractivity contribution >= 4 is 11.9 Å². The first-order valence-electron chi connectivity index (χ1n) is 6.12. The molecule has 1 aromatic carbocycles. The van der Waals surface area contributed by atoms with Gasteiger partial charge >= 0.3 is 0 Å². The largest absolute Gasteiger partial charge is 0.295 e. The van der Waals surface area contributed by atoms with Gasteiger partial charge in [-0.2, -0.15) is 0 Å². The van der Waals surface area contributed by atoms with E-state index < -0.39 is 0 Å². The van der Waals surface area contributed by atoms with Gasteiger partial charge in [0.05, 0.1) is 0 Å². The topological polar surface area (TPSA) is 17.1 Å². The van der Waals surface area contributed by atoms with Crippen molar-refractivity contribution in [3.05, 3.63) is 53.4 Å². The van der Waals surface area contributed by atoms with Crippen LogP contribution in [0.5, 0.6) is 0 Å². The fourth-order valence-electron chi connectivity index (χ4n) is 2.32. The van der Waals surface area contributed by atoms with Gasteiger partial charge in [-0.3, -0.25) is 4.79 Å². The predicted octanol–water partition coefficient (Wildman–Crippen LogP) is 4.15. The maximum Gasteiger partial charge on any atom is 0.156 e. The summed E-state index contributed by atoms with van der Waals surface area (Å²) in [7, 11) is 0. The van der Waals surface area contributed by atoms with Gasteiger partial charge in [0, 0.05) is 6.42 Å². The number of carbonyl (C=O) groups excluding carboxylic acids is 1. The fourth-order valence-corrected chi connectivity index (χ4v) is 2.32. The van der Waals surface area contributed by atoms with E-state index in [9.17, 15) is 9.18 Å². The lowest BCUT2D eigenvalue weighted by Gasteiger charge is -2.27. The van der Waals surface area contributed by atoms with Crippen molar-refractivity contribution in [2.24, 2.45) is 5.41 Å². The maximum absolute atomic E-state index is 13.0. The van der Waals surface area contributed by atoms with E-state index in [4.69, 9.17) is 0 Å². The first-order chi connectivity index (χ1) is 8.44. The van der Waals surface area contributed by atoms with E-state index in [1.54, 1.807) is 12.1 Å². The lowest BCUT2D eigenvalue weighted by Crippen LogP contribution is -2.21. The van der Waals surface area contributed by atoms with Crippen molar-refractivity contribution in [3.63, 3.8) is 0 Å². The smallest absolute Gasteiger partial charge is 0.156 e. The molecule has 1 aromatic rings. The first kappa shape index (κ1) is 12.7. The van der Waals surface area contributed by atoms with E-state index in [2.05, 4.69) is 13.8 Å². The Kier molecular flexibility index (Phi) is 3.46. The Morgan fingerprint density at radius 1 is 1.22 bits per heavy atom. The average molecular weight is 244 g/mol. The molecule has 0 amide bonds. The van der Waals surface area contributed by atoms with Crippen molar-refractivity contribution in [1.82, 2.24) is 0 Å². The van der Waals surface area contributed by atoms with Gasteiger partial charge in [0.1, 0.15) is 5.82 Å². The van der Waals surface area contributed by atoms with E-state index >= 15 is 0 Å². The van der Waals surface area contributed by atoms with E-state index in [1.165, 1.54) is 12.1 Å². The van der Waals surface area contributed by atoms with E-state index in [1.807, 2.05) is 18.2 Å². The number of benzene rings is 1. The lowest BCUT2D eigenvalue weighted by molar-refractivity contribution is -0.116. The highest BCUT2D eigenvalue weighted by atomic mass is 19.1. The number of rotatable bonds is 2. The van der Waals surface area contributed by atoms with E-state index in [0.717, 1.165) is 17.6 Å². The molecule has 2 heteroatoms. The molecular weight excluding hydrogens is 227 g/mol. The van der Waals surface area contributed by atoms with Crippen molar-refractivity contribution in [3.8, 4) is 0 Å². The molecule has 2 rings (SSSR count). The van der Waals surface area contributed by atoms with Crippen LogP contribution in [0.15, 0.2) is 42.0 Å². The molecule has 0 spiro atoms. The third-order valence-electron chi connectivity index (χ3n) is 3.02. The second kappa shape index (κ2) is 4.89. The second-order valence-electron chi connectivity index (χ2n) is 5.59. The van der Waals surface area contributed by atoms with Crippen LogP contribution in [0.1, 0.15) is 32.3 Å². The van der Waals surface area contributed by atoms with Crippen LogP contribution >= 0.6 is 0 Å². The summed E-state index contributed by atoms with van der Waals surface area (Å²) < 4.78 is 13.0. The molecule has 0 radical (unpaired) electrons. The summed E-state index contributed by atoms with van der Waals surface area (Å²) in [5, 5.41) is 0. The van der Waals surface area contributed by atoms with Gasteiger partial charge in [0.15, 0.2) is 5.78 Å². The zero-order valence-electron chi connectivity index (χ0n) is 10.7. The molecular formula is C16H17FO. The number of carbonyl (C=O) groups is 1. The number of halogens is 1. The fraction of sp³-hybridized carbons (Fsp3) is 0.312. The molecule has 18 heavy (non-hydrogen) atoms. The van der Waals surface area contributed by atoms with E-state index in [0.29, 0.717) is 6.42 Å². The summed E-state index contributed by atoms with van der Waals surface area (Å²) in [4.78, 5) is 11.6. The maximum atomic E-state index is 13.0. The summed E-state index contributed by atoms with van der Waals surface area (Å²) in [5.41, 5.74) is 1.85. The normalized spacial score (nSPS) is 19.1. The van der Waals surface area contributed by atoms with Crippen LogP contribution in [-0.4, -0.2) is 5.78 Å². The van der Waals surface area contributed by atoms with Crippen LogP contribution < -0.4 is 0 Å². The summed E-state index contributed by atoms with van der Waals surface area (Å²) in [5.74, 6) is -0.0728. The third kappa shape index (κ3) is 3.39. The number of hydrogen-bond donors (Lipinski definition) is 0. The lowest BCUT2D eigenvalue weighted by atomic mass is 9.77. The minimum atomic E-state index is -0.244. The molecule has 0 unspecified atom stereocenters. The van der Waals surface area contributed by atoms with Crippen molar-refractivity contribution in [2.75, 3.05) is 0 Å². The molecule has 1 nitrogen and oxygen atoms in total. The molecule has 1 aliphatic carbocycles. The van der Waals surface area contributed by atoms with Crippen molar-refractivity contribution in [2.45, 2.75) is 26.7 Å². The zero-order valence-corrected chi connectivity index (χ0v) is 10.7. The highest BCUT2D eigenvalue weighted by Gasteiger charge is 2.26. The van der Waals surface area contributed by atoms with Gasteiger partial charge in [-0.1, -0.05) is 38.1 Å². The van der Waals surface area contributed by atoms with Gasteiger partial charge < -0.3 is 0 Å². The van der Waals surface area contributed by atoms with Crippen LogP contribution in [0.4, 0.5) is 4.39 Å². The summed E-state index contributed by atoms with van der Waals surface area (Å²) >= 11 is 0. The van der Waals surface area contributed by atoms with Crippen LogP contribution in [0.25, 0.3) is 6.08 Å². The predicted molar refractivity (Wildman–Crippen MR) is 71.5 cm³/mol. The molecule has 0 fully saturated rings. The molecule has 0 aliphatic heterocycles. The highest BCUT2D eigenvalue weighted by molar-refractivity contribution is 5.92. The van der Waals surface area contributed by atoms with Gasteiger partial charge in [0.25, 0.3) is 0 Å². The standard InChI is InChI=1S/C16H17FO/c1-16(2)10-13(9-15(18)11-16)7-6-12-4-3-5-14(17)8-12/h3-9H,10-11H2,1-2H3. The van der Waals surface area contributed by atoms with Crippen molar-refractivity contribution < 1.29 is 9.18 Å². The number of hydrogen-bond acceptors (Lipinski definition) is 1. The Bertz CT molecular complexity index is 524. The summed E-state index contributed by atoms with van der Waals surface area (Å²) in [6.45, 7) is 4.18. The molecule has 0 atom stereocenters. The zero-order chi connectivity index (χ0) is 13.2. The molecule has 0 bridgehead atoms. The molecule has 1 aliphatic rings. The Morgan fingerprint density at radius 3 is 2.67 bits per heavy atom. The Labute approximate surface area is 107 Å². The SMILES string of the molecule is CC1(C)CC(=O)C=C(C=Cc2cccc(F)c2)C1.